The van der Waals surface area contributed by atoms with Gasteiger partial charge in [0.2, 0.25) is 0 Å². The van der Waals surface area contributed by atoms with Crippen LogP contribution in [0.5, 0.6) is 0 Å². The Morgan fingerprint density at radius 2 is 2.10 bits per heavy atom. The van der Waals surface area contributed by atoms with Gasteiger partial charge in [-0.25, -0.2) is 4.98 Å². The molecule has 0 unspecified atom stereocenters. The summed E-state index contributed by atoms with van der Waals surface area (Å²) in [6.45, 7) is 0.904. The molecule has 0 fully saturated rings. The lowest BCUT2D eigenvalue weighted by Crippen LogP contribution is -2.30. The number of hydrogen-bond acceptors (Lipinski definition) is 4. The summed E-state index contributed by atoms with van der Waals surface area (Å²) in [6.07, 6.45) is 2.70. The van der Waals surface area contributed by atoms with Crippen LogP contribution in [0.25, 0.3) is 11.3 Å². The van der Waals surface area contributed by atoms with Crippen LogP contribution in [0.4, 0.5) is 0 Å². The van der Waals surface area contributed by atoms with Crippen LogP contribution in [0.1, 0.15) is 23.2 Å². The summed E-state index contributed by atoms with van der Waals surface area (Å²) in [4.78, 5) is 7.57. The number of H-pyrrole nitrogens is 1. The maximum Gasteiger partial charge on any atom is 0.160 e. The number of nitrogens with zero attached hydrogens (tertiary/aromatic N) is 2. The summed E-state index contributed by atoms with van der Waals surface area (Å²) >= 11 is 0. The molecule has 2 N–H and O–H groups in total. The Hall–Kier alpha value is -2.40. The molecule has 1 aliphatic rings. The highest BCUT2D eigenvalue weighted by molar-refractivity contribution is 5.58. The van der Waals surface area contributed by atoms with E-state index in [0.29, 0.717) is 0 Å². The predicted octanol–water partition coefficient (Wildman–Crippen LogP) is 2.30. The summed E-state index contributed by atoms with van der Waals surface area (Å²) in [5, 5.41) is 7.59. The average Bonchev–Trinajstić information content (AvgIpc) is 3.17. The molecular formula is C15H14N4O. The van der Waals surface area contributed by atoms with Crippen molar-refractivity contribution in [1.82, 2.24) is 20.4 Å². The molecule has 0 aliphatic carbocycles. The molecule has 1 aromatic carbocycles. The second-order valence-electron chi connectivity index (χ2n) is 4.88. The number of benzene rings is 1. The molecule has 0 radical (unpaired) electrons. The molecule has 0 bridgehead atoms. The van der Waals surface area contributed by atoms with Crippen molar-refractivity contribution in [3.8, 4) is 11.3 Å². The lowest BCUT2D eigenvalue weighted by atomic mass is 10.0. The van der Waals surface area contributed by atoms with Crippen molar-refractivity contribution in [3.05, 3.63) is 59.9 Å². The van der Waals surface area contributed by atoms with Crippen molar-refractivity contribution >= 4 is 0 Å². The molecule has 4 rings (SSSR count). The van der Waals surface area contributed by atoms with Gasteiger partial charge in [0.15, 0.2) is 5.76 Å². The fourth-order valence-electron chi connectivity index (χ4n) is 2.62. The predicted molar refractivity (Wildman–Crippen MR) is 74.1 cm³/mol. The van der Waals surface area contributed by atoms with E-state index < -0.39 is 0 Å². The van der Waals surface area contributed by atoms with Crippen LogP contribution in [-0.4, -0.2) is 21.7 Å². The Bertz CT molecular complexity index is 716. The molecular weight excluding hydrogens is 252 g/mol. The van der Waals surface area contributed by atoms with E-state index in [1.165, 1.54) is 5.69 Å². The van der Waals surface area contributed by atoms with E-state index in [-0.39, 0.29) is 6.04 Å². The van der Waals surface area contributed by atoms with Crippen molar-refractivity contribution in [2.45, 2.75) is 12.5 Å². The summed E-state index contributed by atoms with van der Waals surface area (Å²) in [5.74, 6) is 0.803. The van der Waals surface area contributed by atoms with Crippen molar-refractivity contribution in [3.63, 3.8) is 0 Å². The van der Waals surface area contributed by atoms with E-state index in [1.54, 1.807) is 6.33 Å². The molecule has 0 spiro atoms. The van der Waals surface area contributed by atoms with Gasteiger partial charge >= 0.3 is 0 Å². The lowest BCUT2D eigenvalue weighted by molar-refractivity contribution is 0.349. The van der Waals surface area contributed by atoms with Crippen LogP contribution in [0, 0.1) is 0 Å². The third-order valence-corrected chi connectivity index (χ3v) is 3.63. The number of aromatic nitrogens is 3. The summed E-state index contributed by atoms with van der Waals surface area (Å²) in [5.41, 5.74) is 4.09. The number of fused-ring (bicyclic) bond motifs is 1. The smallest absolute Gasteiger partial charge is 0.160 e. The zero-order valence-electron chi connectivity index (χ0n) is 10.8. The molecule has 1 aliphatic heterocycles. The maximum atomic E-state index is 5.52. The summed E-state index contributed by atoms with van der Waals surface area (Å²) in [6, 6.07) is 12.0. The number of imidazole rings is 1. The van der Waals surface area contributed by atoms with Gasteiger partial charge in [-0.15, -0.1) is 0 Å². The number of nitrogens with one attached hydrogen (secondary N) is 2. The highest BCUT2D eigenvalue weighted by atomic mass is 16.5. The van der Waals surface area contributed by atoms with Crippen LogP contribution in [0.2, 0.25) is 0 Å². The van der Waals surface area contributed by atoms with E-state index in [0.717, 1.165) is 35.7 Å². The van der Waals surface area contributed by atoms with Crippen LogP contribution in [0.3, 0.4) is 0 Å². The molecule has 0 saturated carbocycles. The van der Waals surface area contributed by atoms with Gasteiger partial charge in [-0.2, -0.15) is 0 Å². The number of rotatable bonds is 2. The first-order valence-corrected chi connectivity index (χ1v) is 6.69. The Balaban J connectivity index is 1.70. The average molecular weight is 266 g/mol. The minimum absolute atomic E-state index is 0.0186. The zero-order chi connectivity index (χ0) is 13.4. The Morgan fingerprint density at radius 3 is 3.00 bits per heavy atom. The third kappa shape index (κ3) is 1.83. The molecule has 3 heterocycles. The molecule has 5 heteroatoms. The zero-order valence-corrected chi connectivity index (χ0v) is 10.8. The monoisotopic (exact) mass is 266 g/mol. The first-order valence-electron chi connectivity index (χ1n) is 6.69. The fraction of sp³-hybridized carbons (Fsp3) is 0.200. The third-order valence-electron chi connectivity index (χ3n) is 3.63. The Morgan fingerprint density at radius 1 is 1.20 bits per heavy atom. The van der Waals surface area contributed by atoms with Crippen molar-refractivity contribution < 1.29 is 4.52 Å². The van der Waals surface area contributed by atoms with E-state index in [2.05, 4.69) is 20.4 Å². The summed E-state index contributed by atoms with van der Waals surface area (Å²) in [7, 11) is 0. The fourth-order valence-corrected chi connectivity index (χ4v) is 2.62. The lowest BCUT2D eigenvalue weighted by Gasteiger charge is -2.20. The summed E-state index contributed by atoms with van der Waals surface area (Å²) < 4.78 is 5.52. The van der Waals surface area contributed by atoms with Gasteiger partial charge in [0.05, 0.1) is 12.0 Å². The second-order valence-corrected chi connectivity index (χ2v) is 4.88. The van der Waals surface area contributed by atoms with Crippen LogP contribution in [0.15, 0.2) is 47.2 Å². The van der Waals surface area contributed by atoms with Crippen LogP contribution < -0.4 is 5.32 Å². The number of hydrogen-bond donors (Lipinski definition) is 2. The van der Waals surface area contributed by atoms with E-state index in [9.17, 15) is 0 Å². The standard InChI is InChI=1S/C15H14N4O/c1-2-4-10(5-3-1)12-8-13(20-19-12)15-14-11(6-7-16-15)17-9-18-14/h1-5,8-9,15-16H,6-7H2,(H,17,18)/t15-/m1/s1. The molecule has 0 saturated heterocycles. The Kier molecular flexibility index (Phi) is 2.63. The van der Waals surface area contributed by atoms with E-state index in [4.69, 9.17) is 4.52 Å². The van der Waals surface area contributed by atoms with Gasteiger partial charge < -0.3 is 14.8 Å². The van der Waals surface area contributed by atoms with Crippen LogP contribution >= 0.6 is 0 Å². The number of aromatic amines is 1. The molecule has 3 aromatic rings. The molecule has 1 atom stereocenters. The molecule has 5 nitrogen and oxygen atoms in total. The largest absolute Gasteiger partial charge is 0.359 e. The van der Waals surface area contributed by atoms with E-state index >= 15 is 0 Å². The van der Waals surface area contributed by atoms with E-state index in [1.807, 2.05) is 36.4 Å². The van der Waals surface area contributed by atoms with Crippen molar-refractivity contribution in [1.29, 1.82) is 0 Å². The van der Waals surface area contributed by atoms with Gasteiger partial charge in [-0.3, -0.25) is 0 Å². The maximum absolute atomic E-state index is 5.52. The quantitative estimate of drug-likeness (QED) is 0.747. The highest BCUT2D eigenvalue weighted by Crippen LogP contribution is 2.29. The normalized spacial score (nSPS) is 17.9. The van der Waals surface area contributed by atoms with Gasteiger partial charge in [-0.1, -0.05) is 35.5 Å². The van der Waals surface area contributed by atoms with Gasteiger partial charge in [0.1, 0.15) is 11.7 Å². The topological polar surface area (TPSA) is 66.7 Å². The minimum Gasteiger partial charge on any atom is -0.359 e. The van der Waals surface area contributed by atoms with Crippen LogP contribution in [-0.2, 0) is 6.42 Å². The van der Waals surface area contributed by atoms with Gasteiger partial charge in [0, 0.05) is 30.3 Å². The van der Waals surface area contributed by atoms with Gasteiger partial charge in [-0.05, 0) is 0 Å². The second kappa shape index (κ2) is 4.61. The van der Waals surface area contributed by atoms with Gasteiger partial charge in [0.25, 0.3) is 0 Å². The minimum atomic E-state index is -0.0186. The molecule has 0 amide bonds. The SMILES string of the molecule is c1ccc(-c2cc([C@H]3NCCc4[nH]cnc43)on2)cc1. The molecule has 20 heavy (non-hydrogen) atoms. The highest BCUT2D eigenvalue weighted by Gasteiger charge is 2.27. The van der Waals surface area contributed by atoms with Crippen molar-refractivity contribution in [2.24, 2.45) is 0 Å². The Labute approximate surface area is 116 Å². The first-order chi connectivity index (χ1) is 9.92. The van der Waals surface area contributed by atoms with Crippen molar-refractivity contribution in [2.75, 3.05) is 6.54 Å². The first kappa shape index (κ1) is 11.4. The molecule has 2 aromatic heterocycles. The molecule has 100 valence electrons.